The number of aromatic nitrogens is 4. The Morgan fingerprint density at radius 3 is 2.44 bits per heavy atom. The lowest BCUT2D eigenvalue weighted by Gasteiger charge is -2.17. The Hall–Kier alpha value is -2.43. The van der Waals surface area contributed by atoms with Crippen molar-refractivity contribution in [3.63, 3.8) is 0 Å². The normalized spacial score (nSPS) is 12.9. The number of hydrogen-bond donors (Lipinski definition) is 3. The summed E-state index contributed by atoms with van der Waals surface area (Å²) < 4.78 is 37.4. The summed E-state index contributed by atoms with van der Waals surface area (Å²) in [5.74, 6) is 0.927. The molecule has 0 saturated heterocycles. The van der Waals surface area contributed by atoms with Gasteiger partial charge in [-0.15, -0.1) is 0 Å². The molecule has 0 radical (unpaired) electrons. The molecule has 25 heavy (non-hydrogen) atoms. The van der Waals surface area contributed by atoms with Crippen molar-refractivity contribution in [3.8, 4) is 0 Å². The molecule has 0 amide bonds. The highest BCUT2D eigenvalue weighted by atomic mass is 19.4. The number of halogens is 3. The van der Waals surface area contributed by atoms with Crippen LogP contribution >= 0.6 is 0 Å². The van der Waals surface area contributed by atoms with E-state index in [0.29, 0.717) is 23.8 Å². The molecule has 0 saturated carbocycles. The van der Waals surface area contributed by atoms with Gasteiger partial charge in [-0.3, -0.25) is 0 Å². The summed E-state index contributed by atoms with van der Waals surface area (Å²) in [6.45, 7) is 1.90. The van der Waals surface area contributed by atoms with Crippen molar-refractivity contribution in [3.05, 3.63) is 6.33 Å². The minimum Gasteiger partial charge on any atom is -0.382 e. The number of fused-ring (bicyclic) bond motifs is 1. The molecule has 1 unspecified atom stereocenters. The van der Waals surface area contributed by atoms with E-state index in [-0.39, 0.29) is 11.3 Å². The number of nitrogens with one attached hydrogen (secondary N) is 2. The van der Waals surface area contributed by atoms with Crippen molar-refractivity contribution in [1.29, 1.82) is 0 Å². The van der Waals surface area contributed by atoms with Crippen LogP contribution in [-0.4, -0.2) is 64.5 Å². The Morgan fingerprint density at radius 1 is 1.12 bits per heavy atom. The molecule has 0 aliphatic carbocycles. The minimum absolute atomic E-state index is 0.0957. The molecule has 11 heteroatoms. The Kier molecular flexibility index (Phi) is 5.77. The maximum atomic E-state index is 12.5. The summed E-state index contributed by atoms with van der Waals surface area (Å²) in [5, 5.41) is 14.8. The van der Waals surface area contributed by atoms with E-state index >= 15 is 0 Å². The summed E-state index contributed by atoms with van der Waals surface area (Å²) in [7, 11) is 3.49. The van der Waals surface area contributed by atoms with Crippen molar-refractivity contribution < 1.29 is 18.3 Å². The first kappa shape index (κ1) is 18.9. The summed E-state index contributed by atoms with van der Waals surface area (Å²) >= 11 is 0. The molecule has 2 aromatic rings. The molecular weight excluding hydrogens is 339 g/mol. The molecule has 0 bridgehead atoms. The van der Waals surface area contributed by atoms with Gasteiger partial charge in [-0.1, -0.05) is 6.92 Å². The van der Waals surface area contributed by atoms with Gasteiger partial charge in [0.15, 0.2) is 17.7 Å². The molecule has 1 atom stereocenters. The van der Waals surface area contributed by atoms with Crippen molar-refractivity contribution in [2.24, 2.45) is 0 Å². The molecule has 0 aliphatic heterocycles. The average molecular weight is 359 g/mol. The molecule has 2 heterocycles. The summed E-state index contributed by atoms with van der Waals surface area (Å²) in [4.78, 5) is 18.4. The smallest absolute Gasteiger partial charge is 0.382 e. The standard InChI is InChI=1S/C14H20F3N7O/c1-4-5-18-12-9-10(22-13(23-12)24(2)3)11(21-7-20-9)19-6-8(25)14(15,16)17/h7-8,25H,4-6H2,1-3H3,(H,18,22,23)(H,19,20,21). The molecule has 0 fully saturated rings. The Labute approximate surface area is 142 Å². The predicted molar refractivity (Wildman–Crippen MR) is 88.8 cm³/mol. The van der Waals surface area contributed by atoms with Crippen LogP contribution in [0.2, 0.25) is 0 Å². The van der Waals surface area contributed by atoms with Crippen LogP contribution in [0, 0.1) is 0 Å². The third-order valence-corrected chi connectivity index (χ3v) is 3.25. The maximum absolute atomic E-state index is 12.5. The lowest BCUT2D eigenvalue weighted by atomic mass is 10.3. The molecule has 2 aromatic heterocycles. The van der Waals surface area contributed by atoms with E-state index in [1.807, 2.05) is 6.92 Å². The lowest BCUT2D eigenvalue weighted by Crippen LogP contribution is -2.35. The molecule has 0 aromatic carbocycles. The van der Waals surface area contributed by atoms with Crippen molar-refractivity contribution in [2.75, 3.05) is 42.7 Å². The van der Waals surface area contributed by atoms with Gasteiger partial charge >= 0.3 is 6.18 Å². The maximum Gasteiger partial charge on any atom is 0.416 e. The number of nitrogens with zero attached hydrogens (tertiary/aromatic N) is 5. The SMILES string of the molecule is CCCNc1nc(N(C)C)nc2c(NCC(O)C(F)(F)F)ncnc12. The van der Waals surface area contributed by atoms with Crippen LogP contribution in [0.25, 0.3) is 11.0 Å². The van der Waals surface area contributed by atoms with Crippen LogP contribution in [0.5, 0.6) is 0 Å². The Bertz CT molecular complexity index is 723. The van der Waals surface area contributed by atoms with Crippen LogP contribution in [0.4, 0.5) is 30.8 Å². The fraction of sp³-hybridized carbons (Fsp3) is 0.571. The van der Waals surface area contributed by atoms with Gasteiger partial charge in [0.05, 0.1) is 6.54 Å². The third kappa shape index (κ3) is 4.56. The number of rotatable bonds is 7. The first-order chi connectivity index (χ1) is 11.7. The molecule has 0 aliphatic rings. The van der Waals surface area contributed by atoms with Gasteiger partial charge < -0.3 is 20.6 Å². The lowest BCUT2D eigenvalue weighted by molar-refractivity contribution is -0.198. The van der Waals surface area contributed by atoms with E-state index < -0.39 is 18.8 Å². The van der Waals surface area contributed by atoms with Gasteiger partial charge in [-0.05, 0) is 6.42 Å². The summed E-state index contributed by atoms with van der Waals surface area (Å²) in [5.41, 5.74) is 0.659. The predicted octanol–water partition coefficient (Wildman–Crippen LogP) is 1.64. The zero-order valence-corrected chi connectivity index (χ0v) is 14.1. The number of aliphatic hydroxyl groups is 1. The molecule has 138 valence electrons. The number of hydrogen-bond acceptors (Lipinski definition) is 8. The molecular formula is C14H20F3N7O. The average Bonchev–Trinajstić information content (AvgIpc) is 2.56. The van der Waals surface area contributed by atoms with E-state index in [0.717, 1.165) is 6.42 Å². The van der Waals surface area contributed by atoms with E-state index in [1.165, 1.54) is 6.33 Å². The highest BCUT2D eigenvalue weighted by Crippen LogP contribution is 2.26. The van der Waals surface area contributed by atoms with E-state index in [4.69, 9.17) is 5.11 Å². The molecule has 0 spiro atoms. The highest BCUT2D eigenvalue weighted by molar-refractivity contribution is 5.93. The van der Waals surface area contributed by atoms with Crippen LogP contribution < -0.4 is 15.5 Å². The highest BCUT2D eigenvalue weighted by Gasteiger charge is 2.38. The number of aliphatic hydroxyl groups excluding tert-OH is 1. The van der Waals surface area contributed by atoms with Gasteiger partial charge in [-0.25, -0.2) is 15.0 Å². The van der Waals surface area contributed by atoms with Crippen molar-refractivity contribution in [2.45, 2.75) is 25.6 Å². The van der Waals surface area contributed by atoms with Crippen LogP contribution in [-0.2, 0) is 0 Å². The second-order valence-electron chi connectivity index (χ2n) is 5.55. The topological polar surface area (TPSA) is 99.1 Å². The number of alkyl halides is 3. The van der Waals surface area contributed by atoms with Gasteiger partial charge in [0.2, 0.25) is 5.95 Å². The van der Waals surface area contributed by atoms with Gasteiger partial charge in [0.1, 0.15) is 17.4 Å². The van der Waals surface area contributed by atoms with E-state index in [2.05, 4.69) is 30.6 Å². The first-order valence-electron chi connectivity index (χ1n) is 7.66. The van der Waals surface area contributed by atoms with Crippen LogP contribution in [0.15, 0.2) is 6.33 Å². The van der Waals surface area contributed by atoms with Gasteiger partial charge in [-0.2, -0.15) is 18.2 Å². The second kappa shape index (κ2) is 7.64. The Morgan fingerprint density at radius 2 is 1.84 bits per heavy atom. The number of anilines is 3. The molecule has 8 nitrogen and oxygen atoms in total. The fourth-order valence-electron chi connectivity index (χ4n) is 1.94. The second-order valence-corrected chi connectivity index (χ2v) is 5.55. The fourth-order valence-corrected chi connectivity index (χ4v) is 1.94. The van der Waals surface area contributed by atoms with Crippen LogP contribution in [0.1, 0.15) is 13.3 Å². The molecule has 3 N–H and O–H groups in total. The largest absolute Gasteiger partial charge is 0.416 e. The summed E-state index contributed by atoms with van der Waals surface area (Å²) in [6, 6.07) is 0. The van der Waals surface area contributed by atoms with Crippen molar-refractivity contribution in [1.82, 2.24) is 19.9 Å². The first-order valence-corrected chi connectivity index (χ1v) is 7.66. The monoisotopic (exact) mass is 359 g/mol. The van der Waals surface area contributed by atoms with E-state index in [9.17, 15) is 13.2 Å². The van der Waals surface area contributed by atoms with Gasteiger partial charge in [0.25, 0.3) is 0 Å². The van der Waals surface area contributed by atoms with E-state index in [1.54, 1.807) is 19.0 Å². The summed E-state index contributed by atoms with van der Waals surface area (Å²) in [6.07, 6.45) is -5.16. The van der Waals surface area contributed by atoms with Gasteiger partial charge in [0, 0.05) is 20.6 Å². The Balaban J connectivity index is 2.42. The van der Waals surface area contributed by atoms with Crippen molar-refractivity contribution >= 4 is 28.6 Å². The van der Waals surface area contributed by atoms with Crippen LogP contribution in [0.3, 0.4) is 0 Å². The zero-order valence-electron chi connectivity index (χ0n) is 14.1. The third-order valence-electron chi connectivity index (χ3n) is 3.25. The quantitative estimate of drug-likeness (QED) is 0.686. The zero-order chi connectivity index (χ0) is 18.6. The molecule has 2 rings (SSSR count). The minimum atomic E-state index is -4.71.